The Hall–Kier alpha value is -2.24. The maximum atomic E-state index is 12.9. The summed E-state index contributed by atoms with van der Waals surface area (Å²) in [6, 6.07) is 15.7. The lowest BCUT2D eigenvalue weighted by Crippen LogP contribution is -2.35. The van der Waals surface area contributed by atoms with E-state index >= 15 is 0 Å². The molecule has 25 heavy (non-hydrogen) atoms. The van der Waals surface area contributed by atoms with Gasteiger partial charge in [0.05, 0.1) is 24.0 Å². The normalized spacial score (nSPS) is 13.6. The number of aromatic nitrogens is 2. The molecule has 1 aliphatic heterocycles. The van der Waals surface area contributed by atoms with Gasteiger partial charge in [0.1, 0.15) is 0 Å². The molecule has 0 saturated carbocycles. The van der Waals surface area contributed by atoms with Crippen molar-refractivity contribution in [3.8, 4) is 0 Å². The van der Waals surface area contributed by atoms with Crippen LogP contribution in [0.1, 0.15) is 15.9 Å². The number of anilines is 1. The highest BCUT2D eigenvalue weighted by atomic mass is 35.5. The number of hydrogen-bond acceptors (Lipinski definition) is 3. The van der Waals surface area contributed by atoms with Gasteiger partial charge < -0.3 is 4.90 Å². The Balaban J connectivity index is 1.57. The molecule has 4 nitrogen and oxygen atoms in total. The van der Waals surface area contributed by atoms with Gasteiger partial charge in [-0.05, 0) is 23.8 Å². The number of amides is 1. The van der Waals surface area contributed by atoms with Crippen LogP contribution in [0.2, 0.25) is 5.02 Å². The van der Waals surface area contributed by atoms with E-state index in [1.807, 2.05) is 47.4 Å². The van der Waals surface area contributed by atoms with Gasteiger partial charge >= 0.3 is 0 Å². The summed E-state index contributed by atoms with van der Waals surface area (Å²) >= 11 is 7.99. The predicted molar refractivity (Wildman–Crippen MR) is 102 cm³/mol. The Morgan fingerprint density at radius 2 is 1.96 bits per heavy atom. The summed E-state index contributed by atoms with van der Waals surface area (Å²) in [5.41, 5.74) is 2.54. The Labute approximate surface area is 155 Å². The third kappa shape index (κ3) is 3.30. The zero-order valence-electron chi connectivity index (χ0n) is 13.4. The third-order valence-electron chi connectivity index (χ3n) is 4.14. The summed E-state index contributed by atoms with van der Waals surface area (Å²) in [4.78, 5) is 15.9. The second-order valence-electron chi connectivity index (χ2n) is 5.79. The highest BCUT2D eigenvalue weighted by Gasteiger charge is 2.24. The number of hydrogen-bond donors (Lipinski definition) is 0. The van der Waals surface area contributed by atoms with Crippen LogP contribution < -0.4 is 4.90 Å². The molecule has 0 radical (unpaired) electrons. The molecule has 0 atom stereocenters. The van der Waals surface area contributed by atoms with Crippen LogP contribution in [0, 0.1) is 0 Å². The minimum absolute atomic E-state index is 0.0156. The first-order valence-electron chi connectivity index (χ1n) is 8.02. The van der Waals surface area contributed by atoms with E-state index in [1.165, 1.54) is 0 Å². The van der Waals surface area contributed by atoms with Gasteiger partial charge in [-0.1, -0.05) is 41.9 Å². The summed E-state index contributed by atoms with van der Waals surface area (Å²) in [5, 5.41) is 5.03. The summed E-state index contributed by atoms with van der Waals surface area (Å²) in [6.45, 7) is 1.25. The molecule has 2 heterocycles. The smallest absolute Gasteiger partial charge is 0.261 e. The third-order valence-corrected chi connectivity index (χ3v) is 5.56. The van der Waals surface area contributed by atoms with Crippen LogP contribution in [0.4, 0.5) is 5.69 Å². The Kier molecular flexibility index (Phi) is 4.51. The number of benzene rings is 2. The summed E-state index contributed by atoms with van der Waals surface area (Å²) < 4.78 is 1.75. The van der Waals surface area contributed by atoms with Crippen LogP contribution in [-0.4, -0.2) is 28.0 Å². The van der Waals surface area contributed by atoms with Crippen LogP contribution in [0.15, 0.2) is 65.8 Å². The van der Waals surface area contributed by atoms with Gasteiger partial charge in [0.15, 0.2) is 0 Å². The topological polar surface area (TPSA) is 38.1 Å². The molecule has 0 unspecified atom stereocenters. The van der Waals surface area contributed by atoms with Crippen LogP contribution in [-0.2, 0) is 6.54 Å². The van der Waals surface area contributed by atoms with E-state index in [0.29, 0.717) is 23.7 Å². The highest BCUT2D eigenvalue weighted by molar-refractivity contribution is 7.99. The standard InChI is InChI=1S/C19H16ClN3OS/c20-16-6-2-1-5-14(16)12-22-13-15(11-21-22)19(24)23-9-10-25-18-8-4-3-7-17(18)23/h1-8,11,13H,9-10,12H2. The largest absolute Gasteiger partial charge is 0.306 e. The van der Waals surface area contributed by atoms with E-state index in [4.69, 9.17) is 11.6 Å². The van der Waals surface area contributed by atoms with E-state index in [-0.39, 0.29) is 5.91 Å². The lowest BCUT2D eigenvalue weighted by molar-refractivity contribution is 0.0987. The van der Waals surface area contributed by atoms with Gasteiger partial charge in [-0.25, -0.2) is 0 Å². The second-order valence-corrected chi connectivity index (χ2v) is 7.33. The molecule has 0 spiro atoms. The molecule has 6 heteroatoms. The van der Waals surface area contributed by atoms with Gasteiger partial charge in [-0.3, -0.25) is 9.48 Å². The van der Waals surface area contributed by atoms with Crippen molar-refractivity contribution in [1.29, 1.82) is 0 Å². The molecule has 0 N–H and O–H groups in total. The highest BCUT2D eigenvalue weighted by Crippen LogP contribution is 2.35. The second kappa shape index (κ2) is 6.94. The lowest BCUT2D eigenvalue weighted by Gasteiger charge is -2.28. The fourth-order valence-corrected chi connectivity index (χ4v) is 4.09. The van der Waals surface area contributed by atoms with Crippen molar-refractivity contribution in [3.05, 3.63) is 77.1 Å². The number of thioether (sulfide) groups is 1. The maximum Gasteiger partial charge on any atom is 0.261 e. The molecule has 0 aliphatic carbocycles. The number of fused-ring (bicyclic) bond motifs is 1. The minimum atomic E-state index is -0.0156. The molecule has 0 saturated heterocycles. The van der Waals surface area contributed by atoms with Gasteiger partial charge in [-0.15, -0.1) is 11.8 Å². The molecule has 4 rings (SSSR count). The van der Waals surface area contributed by atoms with Crippen molar-refractivity contribution in [2.75, 3.05) is 17.2 Å². The first-order chi connectivity index (χ1) is 12.2. The van der Waals surface area contributed by atoms with Crippen molar-refractivity contribution in [2.45, 2.75) is 11.4 Å². The van der Waals surface area contributed by atoms with E-state index in [0.717, 1.165) is 21.9 Å². The molecule has 0 bridgehead atoms. The number of carbonyl (C=O) groups excluding carboxylic acids is 1. The number of para-hydroxylation sites is 1. The van der Waals surface area contributed by atoms with E-state index < -0.39 is 0 Å². The number of carbonyl (C=O) groups is 1. The van der Waals surface area contributed by atoms with Gasteiger partial charge in [0.2, 0.25) is 0 Å². The number of nitrogens with zero attached hydrogens (tertiary/aromatic N) is 3. The average Bonchev–Trinajstić information content (AvgIpc) is 3.11. The number of rotatable bonds is 3. The summed E-state index contributed by atoms with van der Waals surface area (Å²) in [6.07, 6.45) is 3.42. The predicted octanol–water partition coefficient (Wildman–Crippen LogP) is 4.34. The zero-order valence-corrected chi connectivity index (χ0v) is 15.0. The molecule has 1 aromatic heterocycles. The Morgan fingerprint density at radius 3 is 2.84 bits per heavy atom. The minimum Gasteiger partial charge on any atom is -0.306 e. The summed E-state index contributed by atoms with van der Waals surface area (Å²) in [7, 11) is 0. The Morgan fingerprint density at radius 1 is 1.16 bits per heavy atom. The van der Waals surface area contributed by atoms with Gasteiger partial charge in [0, 0.05) is 28.4 Å². The van der Waals surface area contributed by atoms with E-state index in [9.17, 15) is 4.79 Å². The fraction of sp³-hybridized carbons (Fsp3) is 0.158. The molecule has 3 aromatic rings. The molecule has 2 aromatic carbocycles. The van der Waals surface area contributed by atoms with Crippen molar-refractivity contribution >= 4 is 35.0 Å². The molecule has 1 aliphatic rings. The molecule has 126 valence electrons. The molecular weight excluding hydrogens is 354 g/mol. The quantitative estimate of drug-likeness (QED) is 0.689. The van der Waals surface area contributed by atoms with Crippen molar-refractivity contribution in [2.24, 2.45) is 0 Å². The van der Waals surface area contributed by atoms with Crippen LogP contribution in [0.25, 0.3) is 0 Å². The van der Waals surface area contributed by atoms with Crippen LogP contribution in [0.3, 0.4) is 0 Å². The fourth-order valence-electron chi connectivity index (χ4n) is 2.90. The molecular formula is C19H16ClN3OS. The van der Waals surface area contributed by atoms with Crippen LogP contribution in [0.5, 0.6) is 0 Å². The lowest BCUT2D eigenvalue weighted by atomic mass is 10.2. The first-order valence-corrected chi connectivity index (χ1v) is 9.38. The SMILES string of the molecule is O=C(c1cnn(Cc2ccccc2Cl)c1)N1CCSc2ccccc21. The van der Waals surface area contributed by atoms with Crippen molar-refractivity contribution in [1.82, 2.24) is 9.78 Å². The first kappa shape index (κ1) is 16.2. The Bertz CT molecular complexity index is 924. The molecule has 0 fully saturated rings. The zero-order chi connectivity index (χ0) is 17.2. The summed E-state index contributed by atoms with van der Waals surface area (Å²) in [5.74, 6) is 0.884. The van der Waals surface area contributed by atoms with Crippen molar-refractivity contribution < 1.29 is 4.79 Å². The van der Waals surface area contributed by atoms with E-state index in [1.54, 1.807) is 28.8 Å². The maximum absolute atomic E-state index is 12.9. The van der Waals surface area contributed by atoms with Crippen LogP contribution >= 0.6 is 23.4 Å². The monoisotopic (exact) mass is 369 g/mol. The number of halogens is 1. The van der Waals surface area contributed by atoms with Crippen molar-refractivity contribution in [3.63, 3.8) is 0 Å². The molecule has 1 amide bonds. The average molecular weight is 370 g/mol. The van der Waals surface area contributed by atoms with Gasteiger partial charge in [0.25, 0.3) is 5.91 Å². The van der Waals surface area contributed by atoms with Gasteiger partial charge in [-0.2, -0.15) is 5.10 Å². The van der Waals surface area contributed by atoms with E-state index in [2.05, 4.69) is 11.2 Å².